The van der Waals surface area contributed by atoms with Crippen molar-refractivity contribution < 1.29 is 9.47 Å². The number of nitrogens with one attached hydrogen (secondary N) is 1. The molecule has 1 aromatic carbocycles. The average Bonchev–Trinajstić information content (AvgIpc) is 2.88. The third kappa shape index (κ3) is 4.54. The van der Waals surface area contributed by atoms with E-state index in [1.54, 1.807) is 11.8 Å². The summed E-state index contributed by atoms with van der Waals surface area (Å²) in [5.74, 6) is 0.910. The number of rotatable bonds is 8. The molecule has 1 heterocycles. The Labute approximate surface area is 125 Å². The van der Waals surface area contributed by atoms with E-state index in [0.29, 0.717) is 13.2 Å². The molecule has 0 radical (unpaired) electrons. The van der Waals surface area contributed by atoms with E-state index >= 15 is 0 Å². The molecule has 0 unspecified atom stereocenters. The lowest BCUT2D eigenvalue weighted by Crippen LogP contribution is -2.19. The fourth-order valence-corrected chi connectivity index (χ4v) is 2.06. The number of hydrogen-bond acceptors (Lipinski definition) is 5. The summed E-state index contributed by atoms with van der Waals surface area (Å²) in [4.78, 5) is 0. The summed E-state index contributed by atoms with van der Waals surface area (Å²) < 4.78 is 12.6. The number of methoxy groups -OCH3 is 1. The van der Waals surface area contributed by atoms with Crippen LogP contribution in [0.4, 0.5) is 0 Å². The molecule has 0 saturated carbocycles. The Hall–Kier alpha value is -1.92. The summed E-state index contributed by atoms with van der Waals surface area (Å²) in [6.45, 7) is 4.73. The van der Waals surface area contributed by atoms with E-state index in [1.165, 1.54) is 0 Å². The number of para-hydroxylation sites is 1. The molecule has 6 nitrogen and oxygen atoms in total. The second kappa shape index (κ2) is 7.75. The third-order valence-corrected chi connectivity index (χ3v) is 3.11. The van der Waals surface area contributed by atoms with Crippen LogP contribution in [0.2, 0.25) is 0 Å². The zero-order chi connectivity index (χ0) is 15.1. The van der Waals surface area contributed by atoms with Crippen molar-refractivity contribution in [3.05, 3.63) is 41.2 Å². The second-order valence-electron chi connectivity index (χ2n) is 4.90. The van der Waals surface area contributed by atoms with Gasteiger partial charge in [-0.05, 0) is 12.5 Å². The van der Waals surface area contributed by atoms with E-state index in [0.717, 1.165) is 35.7 Å². The van der Waals surface area contributed by atoms with Gasteiger partial charge in [0, 0.05) is 32.8 Å². The number of nitrogens with zero attached hydrogens (tertiary/aromatic N) is 3. The maximum atomic E-state index is 5.94. The maximum absolute atomic E-state index is 5.94. The molecule has 0 atom stereocenters. The Morgan fingerprint density at radius 3 is 2.90 bits per heavy atom. The molecule has 0 spiro atoms. The quantitative estimate of drug-likeness (QED) is 0.745. The average molecular weight is 290 g/mol. The Balaban J connectivity index is 1.99. The largest absolute Gasteiger partial charge is 0.487 e. The number of hydrogen-bond donors (Lipinski definition) is 1. The zero-order valence-electron chi connectivity index (χ0n) is 12.8. The molecule has 0 bridgehead atoms. The van der Waals surface area contributed by atoms with Crippen molar-refractivity contribution in [2.24, 2.45) is 7.05 Å². The van der Waals surface area contributed by atoms with Gasteiger partial charge in [0.1, 0.15) is 18.1 Å². The van der Waals surface area contributed by atoms with Crippen LogP contribution in [0.15, 0.2) is 24.4 Å². The Morgan fingerprint density at radius 2 is 2.19 bits per heavy atom. The maximum Gasteiger partial charge on any atom is 0.134 e. The first-order valence-corrected chi connectivity index (χ1v) is 6.97. The summed E-state index contributed by atoms with van der Waals surface area (Å²) in [6, 6.07) is 6.15. The lowest BCUT2D eigenvalue weighted by Gasteiger charge is -2.14. The van der Waals surface area contributed by atoms with Crippen LogP contribution in [0.5, 0.6) is 5.75 Å². The van der Waals surface area contributed by atoms with E-state index in [4.69, 9.17) is 9.47 Å². The molecule has 0 saturated heterocycles. The van der Waals surface area contributed by atoms with Crippen LogP contribution in [0.1, 0.15) is 16.8 Å². The smallest absolute Gasteiger partial charge is 0.134 e. The Kier molecular flexibility index (Phi) is 5.71. The van der Waals surface area contributed by atoms with Gasteiger partial charge in [-0.25, -0.2) is 0 Å². The van der Waals surface area contributed by atoms with Gasteiger partial charge in [-0.15, -0.1) is 5.10 Å². The molecule has 0 aliphatic carbocycles. The van der Waals surface area contributed by atoms with Gasteiger partial charge in [0.15, 0.2) is 0 Å². The van der Waals surface area contributed by atoms with Crippen molar-refractivity contribution in [3.63, 3.8) is 0 Å². The first kappa shape index (κ1) is 15.5. The molecular formula is C15H22N4O2. The lowest BCUT2D eigenvalue weighted by atomic mass is 10.1. The SMILES string of the molecule is COCCNCc1cccc(C)c1OCc1cn(C)nn1. The molecule has 0 amide bonds. The van der Waals surface area contributed by atoms with E-state index in [2.05, 4.69) is 21.7 Å². The third-order valence-electron chi connectivity index (χ3n) is 3.11. The summed E-state index contributed by atoms with van der Waals surface area (Å²) >= 11 is 0. The number of aromatic nitrogens is 3. The Morgan fingerprint density at radius 1 is 1.33 bits per heavy atom. The molecule has 21 heavy (non-hydrogen) atoms. The van der Waals surface area contributed by atoms with Crippen molar-refractivity contribution in [1.82, 2.24) is 20.3 Å². The Bertz CT molecular complexity index is 569. The predicted molar refractivity (Wildman–Crippen MR) is 80.1 cm³/mol. The molecule has 0 aliphatic rings. The van der Waals surface area contributed by atoms with Crippen molar-refractivity contribution in [2.75, 3.05) is 20.3 Å². The second-order valence-corrected chi connectivity index (χ2v) is 4.90. The fraction of sp³-hybridized carbons (Fsp3) is 0.467. The minimum Gasteiger partial charge on any atom is -0.487 e. The number of ether oxygens (including phenoxy) is 2. The van der Waals surface area contributed by atoms with Gasteiger partial charge in [-0.1, -0.05) is 23.4 Å². The highest BCUT2D eigenvalue weighted by Gasteiger charge is 2.08. The molecule has 2 aromatic rings. The van der Waals surface area contributed by atoms with Crippen molar-refractivity contribution in [1.29, 1.82) is 0 Å². The van der Waals surface area contributed by atoms with Gasteiger partial charge >= 0.3 is 0 Å². The van der Waals surface area contributed by atoms with Gasteiger partial charge in [0.25, 0.3) is 0 Å². The summed E-state index contributed by atoms with van der Waals surface area (Å²) in [5, 5.41) is 11.3. The fourth-order valence-electron chi connectivity index (χ4n) is 2.06. The van der Waals surface area contributed by atoms with Crippen molar-refractivity contribution >= 4 is 0 Å². The number of benzene rings is 1. The van der Waals surface area contributed by atoms with Gasteiger partial charge in [0.2, 0.25) is 0 Å². The van der Waals surface area contributed by atoms with Crippen molar-refractivity contribution in [3.8, 4) is 5.75 Å². The van der Waals surface area contributed by atoms with Crippen LogP contribution in [0.3, 0.4) is 0 Å². The molecule has 114 valence electrons. The van der Waals surface area contributed by atoms with Crippen LogP contribution in [0, 0.1) is 6.92 Å². The topological polar surface area (TPSA) is 61.2 Å². The molecule has 1 N–H and O–H groups in total. The molecule has 6 heteroatoms. The minimum absolute atomic E-state index is 0.420. The van der Waals surface area contributed by atoms with Gasteiger partial charge in [0.05, 0.1) is 12.8 Å². The summed E-state index contributed by atoms with van der Waals surface area (Å²) in [7, 11) is 3.54. The van der Waals surface area contributed by atoms with E-state index in [-0.39, 0.29) is 0 Å². The summed E-state index contributed by atoms with van der Waals surface area (Å²) in [6.07, 6.45) is 1.86. The van der Waals surface area contributed by atoms with Crippen LogP contribution >= 0.6 is 0 Å². The van der Waals surface area contributed by atoms with Gasteiger partial charge < -0.3 is 14.8 Å². The highest BCUT2D eigenvalue weighted by Crippen LogP contribution is 2.24. The zero-order valence-corrected chi connectivity index (χ0v) is 12.8. The first-order valence-electron chi connectivity index (χ1n) is 6.97. The van der Waals surface area contributed by atoms with Crippen LogP contribution in [0.25, 0.3) is 0 Å². The van der Waals surface area contributed by atoms with Crippen LogP contribution < -0.4 is 10.1 Å². The predicted octanol–water partition coefficient (Wildman–Crippen LogP) is 1.44. The first-order chi connectivity index (χ1) is 10.2. The highest BCUT2D eigenvalue weighted by atomic mass is 16.5. The lowest BCUT2D eigenvalue weighted by molar-refractivity contribution is 0.199. The number of aryl methyl sites for hydroxylation is 2. The molecule has 1 aromatic heterocycles. The molecular weight excluding hydrogens is 268 g/mol. The highest BCUT2D eigenvalue weighted by molar-refractivity contribution is 5.40. The van der Waals surface area contributed by atoms with Crippen molar-refractivity contribution in [2.45, 2.75) is 20.1 Å². The van der Waals surface area contributed by atoms with Gasteiger partial charge in [-0.2, -0.15) is 0 Å². The normalized spacial score (nSPS) is 10.8. The van der Waals surface area contributed by atoms with Crippen LogP contribution in [-0.2, 0) is 24.9 Å². The molecule has 0 aliphatic heterocycles. The summed E-state index contributed by atoms with van der Waals surface area (Å²) in [5.41, 5.74) is 3.07. The van der Waals surface area contributed by atoms with E-state index < -0.39 is 0 Å². The van der Waals surface area contributed by atoms with Crippen LogP contribution in [-0.4, -0.2) is 35.3 Å². The minimum atomic E-state index is 0.420. The van der Waals surface area contributed by atoms with E-state index in [1.807, 2.05) is 32.3 Å². The van der Waals surface area contributed by atoms with Gasteiger partial charge in [-0.3, -0.25) is 4.68 Å². The molecule has 2 rings (SSSR count). The standard InChI is InChI=1S/C15H22N4O2/c1-12-5-4-6-13(9-16-7-8-20-3)15(12)21-11-14-10-19(2)18-17-14/h4-6,10,16H,7-9,11H2,1-3H3. The van der Waals surface area contributed by atoms with E-state index in [9.17, 15) is 0 Å². The monoisotopic (exact) mass is 290 g/mol. The molecule has 0 fully saturated rings.